The molecule has 4 rings (SSSR count). The van der Waals surface area contributed by atoms with E-state index in [4.69, 9.17) is 32.7 Å². The molecule has 0 aliphatic carbocycles. The number of carbonyl (C=O) groups is 1. The summed E-state index contributed by atoms with van der Waals surface area (Å²) in [7, 11) is 1.40. The molecule has 1 aliphatic heterocycles. The highest BCUT2D eigenvalue weighted by molar-refractivity contribution is 6.35. The predicted molar refractivity (Wildman–Crippen MR) is 129 cm³/mol. The third-order valence-electron chi connectivity index (χ3n) is 5.36. The fourth-order valence-electron chi connectivity index (χ4n) is 3.47. The van der Waals surface area contributed by atoms with Gasteiger partial charge in [-0.25, -0.2) is 22.0 Å². The second-order valence-corrected chi connectivity index (χ2v) is 8.56. The van der Waals surface area contributed by atoms with Crippen LogP contribution in [0.15, 0.2) is 47.1 Å². The normalized spacial score (nSPS) is 14.4. The number of ether oxygens (including phenoxy) is 2. The van der Waals surface area contributed by atoms with Crippen LogP contribution in [-0.4, -0.2) is 18.7 Å². The van der Waals surface area contributed by atoms with Gasteiger partial charge in [-0.05, 0) is 42.8 Å². The van der Waals surface area contributed by atoms with E-state index in [1.165, 1.54) is 26.2 Å². The molecule has 0 N–H and O–H groups in total. The number of amides is 1. The van der Waals surface area contributed by atoms with Gasteiger partial charge >= 0.3 is 0 Å². The molecule has 0 unspecified atom stereocenters. The molecule has 0 fully saturated rings. The molecule has 0 saturated heterocycles. The third kappa shape index (κ3) is 4.99. The summed E-state index contributed by atoms with van der Waals surface area (Å²) in [4.78, 5) is 12.9. The fraction of sp³-hybridized carbons (Fsp3) is 0.120. The minimum atomic E-state index is -2.34. The Balaban J connectivity index is 1.61. The van der Waals surface area contributed by atoms with Gasteiger partial charge in [-0.3, -0.25) is 4.79 Å². The average molecular weight is 557 g/mol. The molecule has 37 heavy (non-hydrogen) atoms. The molecule has 1 aliphatic rings. The first-order valence-corrected chi connectivity index (χ1v) is 11.2. The zero-order chi connectivity index (χ0) is 27.0. The van der Waals surface area contributed by atoms with Crippen LogP contribution in [-0.2, 0) is 11.4 Å². The van der Waals surface area contributed by atoms with Gasteiger partial charge in [0.15, 0.2) is 34.8 Å². The zero-order valence-electron chi connectivity index (χ0n) is 19.0. The van der Waals surface area contributed by atoms with E-state index in [1.54, 1.807) is 30.3 Å². The standard InChI is InChI=1S/C25H15Cl2F5N2O3/c1-11-15(25(35)34(33-11)24-22(31)20(29)19(28)21(30)23(24)32)7-12-3-6-17(18(8-12)36-2)37-10-13-4-5-14(26)9-16(13)27/h3-9H,10H2,1-2H3/b15-7+. The number of nitrogens with zero attached hydrogens (tertiary/aromatic N) is 2. The number of hydrogen-bond donors (Lipinski definition) is 0. The molecule has 0 radical (unpaired) electrons. The summed E-state index contributed by atoms with van der Waals surface area (Å²) in [5, 5.41) is 4.74. The van der Waals surface area contributed by atoms with E-state index in [1.807, 2.05) is 0 Å². The molecule has 1 heterocycles. The summed E-state index contributed by atoms with van der Waals surface area (Å²) in [5.74, 6) is -11.5. The highest BCUT2D eigenvalue weighted by atomic mass is 35.5. The number of halogens is 7. The van der Waals surface area contributed by atoms with E-state index < -0.39 is 40.7 Å². The summed E-state index contributed by atoms with van der Waals surface area (Å²) in [6.07, 6.45) is 1.33. The van der Waals surface area contributed by atoms with Crippen molar-refractivity contribution in [2.24, 2.45) is 5.10 Å². The summed E-state index contributed by atoms with van der Waals surface area (Å²) < 4.78 is 80.3. The summed E-state index contributed by atoms with van der Waals surface area (Å²) in [6.45, 7) is 1.45. The number of carbonyl (C=O) groups excluding carboxylic acids is 1. The van der Waals surface area contributed by atoms with Crippen molar-refractivity contribution in [1.29, 1.82) is 0 Å². The smallest absolute Gasteiger partial charge is 0.280 e. The van der Waals surface area contributed by atoms with Crippen molar-refractivity contribution < 1.29 is 36.2 Å². The van der Waals surface area contributed by atoms with Gasteiger partial charge in [-0.15, -0.1) is 0 Å². The molecule has 1 amide bonds. The molecule has 3 aromatic rings. The topological polar surface area (TPSA) is 51.1 Å². The highest BCUT2D eigenvalue weighted by Gasteiger charge is 2.37. The van der Waals surface area contributed by atoms with Crippen molar-refractivity contribution in [3.63, 3.8) is 0 Å². The van der Waals surface area contributed by atoms with Gasteiger partial charge in [-0.1, -0.05) is 35.3 Å². The summed E-state index contributed by atoms with van der Waals surface area (Å²) in [6, 6.07) is 9.59. The second kappa shape index (κ2) is 10.4. The Morgan fingerprint density at radius 3 is 2.19 bits per heavy atom. The van der Waals surface area contributed by atoms with E-state index >= 15 is 0 Å². The molecule has 192 valence electrons. The highest BCUT2D eigenvalue weighted by Crippen LogP contribution is 2.35. The maximum absolute atomic E-state index is 14.2. The molecule has 0 atom stereocenters. The Kier molecular flexibility index (Phi) is 7.42. The summed E-state index contributed by atoms with van der Waals surface area (Å²) in [5.41, 5.74) is -0.522. The number of hydrogen-bond acceptors (Lipinski definition) is 4. The van der Waals surface area contributed by atoms with E-state index in [0.29, 0.717) is 26.9 Å². The SMILES string of the molecule is COc1cc(/C=C2/C(=O)N(c3c(F)c(F)c(F)c(F)c3F)N=C2C)ccc1OCc1ccc(Cl)cc1Cl. The van der Waals surface area contributed by atoms with Crippen LogP contribution < -0.4 is 14.5 Å². The van der Waals surface area contributed by atoms with Crippen molar-refractivity contribution >= 4 is 46.6 Å². The zero-order valence-corrected chi connectivity index (χ0v) is 20.5. The quantitative estimate of drug-likeness (QED) is 0.141. The number of hydrazone groups is 1. The van der Waals surface area contributed by atoms with Crippen LogP contribution in [0, 0.1) is 29.1 Å². The molecular weight excluding hydrogens is 542 g/mol. The Hall–Kier alpha value is -3.63. The molecule has 0 bridgehead atoms. The molecule has 0 saturated carbocycles. The monoisotopic (exact) mass is 556 g/mol. The van der Waals surface area contributed by atoms with Gasteiger partial charge in [-0.2, -0.15) is 10.1 Å². The molecule has 12 heteroatoms. The minimum absolute atomic E-state index is 0.00869. The van der Waals surface area contributed by atoms with Gasteiger partial charge < -0.3 is 9.47 Å². The van der Waals surface area contributed by atoms with Crippen LogP contribution >= 0.6 is 23.2 Å². The predicted octanol–water partition coefficient (Wildman–Crippen LogP) is 7.08. The van der Waals surface area contributed by atoms with Crippen LogP contribution in [0.1, 0.15) is 18.1 Å². The first kappa shape index (κ1) is 26.4. The lowest BCUT2D eigenvalue weighted by molar-refractivity contribution is -0.114. The van der Waals surface area contributed by atoms with Crippen molar-refractivity contribution in [1.82, 2.24) is 0 Å². The Labute approximate surface area is 217 Å². The summed E-state index contributed by atoms with van der Waals surface area (Å²) >= 11 is 12.1. The van der Waals surface area contributed by atoms with Gasteiger partial charge in [0.25, 0.3) is 5.91 Å². The van der Waals surface area contributed by atoms with E-state index in [2.05, 4.69) is 5.10 Å². The van der Waals surface area contributed by atoms with Crippen molar-refractivity contribution in [3.05, 3.63) is 92.2 Å². The molecule has 5 nitrogen and oxygen atoms in total. The number of rotatable bonds is 6. The maximum Gasteiger partial charge on any atom is 0.280 e. The third-order valence-corrected chi connectivity index (χ3v) is 5.94. The first-order valence-electron chi connectivity index (χ1n) is 10.4. The van der Waals surface area contributed by atoms with E-state index in [0.717, 1.165) is 0 Å². The Bertz CT molecular complexity index is 1460. The molecular formula is C25H15Cl2F5N2O3. The molecule has 3 aromatic carbocycles. The van der Waals surface area contributed by atoms with Crippen molar-refractivity contribution in [2.45, 2.75) is 13.5 Å². The molecule has 0 spiro atoms. The number of benzene rings is 3. The lowest BCUT2D eigenvalue weighted by atomic mass is 10.1. The first-order chi connectivity index (χ1) is 17.5. The van der Waals surface area contributed by atoms with Crippen molar-refractivity contribution in [2.75, 3.05) is 12.1 Å². The van der Waals surface area contributed by atoms with Crippen LogP contribution in [0.3, 0.4) is 0 Å². The van der Waals surface area contributed by atoms with Crippen LogP contribution in [0.25, 0.3) is 6.08 Å². The lowest BCUT2D eigenvalue weighted by Gasteiger charge is -2.15. The van der Waals surface area contributed by atoms with Crippen molar-refractivity contribution in [3.8, 4) is 11.5 Å². The van der Waals surface area contributed by atoms with Gasteiger partial charge in [0.1, 0.15) is 12.3 Å². The van der Waals surface area contributed by atoms with Gasteiger partial charge in [0, 0.05) is 15.6 Å². The van der Waals surface area contributed by atoms with Gasteiger partial charge in [0.05, 0.1) is 18.4 Å². The Morgan fingerprint density at radius 2 is 1.57 bits per heavy atom. The molecule has 0 aromatic heterocycles. The maximum atomic E-state index is 14.2. The van der Waals surface area contributed by atoms with Crippen LogP contribution in [0.5, 0.6) is 11.5 Å². The second-order valence-electron chi connectivity index (χ2n) is 7.71. The fourth-order valence-corrected chi connectivity index (χ4v) is 3.93. The van der Waals surface area contributed by atoms with Crippen LogP contribution in [0.4, 0.5) is 27.6 Å². The van der Waals surface area contributed by atoms with E-state index in [-0.39, 0.29) is 28.7 Å². The average Bonchev–Trinajstić information content (AvgIpc) is 3.14. The number of anilines is 1. The number of methoxy groups -OCH3 is 1. The lowest BCUT2D eigenvalue weighted by Crippen LogP contribution is -2.25. The van der Waals surface area contributed by atoms with E-state index in [9.17, 15) is 26.7 Å². The Morgan fingerprint density at radius 1 is 0.919 bits per heavy atom. The largest absolute Gasteiger partial charge is 0.493 e. The van der Waals surface area contributed by atoms with Gasteiger partial charge in [0.2, 0.25) is 5.82 Å². The minimum Gasteiger partial charge on any atom is -0.493 e. The van der Waals surface area contributed by atoms with Crippen LogP contribution in [0.2, 0.25) is 10.0 Å².